The highest BCUT2D eigenvalue weighted by Crippen LogP contribution is 2.35. The second-order valence-corrected chi connectivity index (χ2v) is 4.01. The molecule has 1 saturated carbocycles. The molecule has 2 rings (SSSR count). The van der Waals surface area contributed by atoms with Gasteiger partial charge in [-0.25, -0.2) is 0 Å². The summed E-state index contributed by atoms with van der Waals surface area (Å²) in [6.07, 6.45) is 2.56. The topological polar surface area (TPSA) is 37.4 Å². The molecule has 0 aromatic rings. The highest BCUT2D eigenvalue weighted by molar-refractivity contribution is 5.92. The number of carbonyl (C=O) groups is 2. The molecule has 1 heterocycles. The normalized spacial score (nSPS) is 28.2. The van der Waals surface area contributed by atoms with E-state index in [0.29, 0.717) is 24.7 Å². The van der Waals surface area contributed by atoms with Gasteiger partial charge in [0.15, 0.2) is 0 Å². The summed E-state index contributed by atoms with van der Waals surface area (Å²) in [5.74, 6) is 0.806. The van der Waals surface area contributed by atoms with E-state index < -0.39 is 0 Å². The van der Waals surface area contributed by atoms with Crippen molar-refractivity contribution in [3.63, 3.8) is 0 Å². The molecule has 1 unspecified atom stereocenters. The Hall–Kier alpha value is -0.860. The fraction of sp³-hybridized carbons (Fsp3) is 0.800. The Kier molecular flexibility index (Phi) is 2.10. The summed E-state index contributed by atoms with van der Waals surface area (Å²) in [6.45, 7) is 3.37. The predicted octanol–water partition coefficient (Wildman–Crippen LogP) is 0.834. The van der Waals surface area contributed by atoms with Crippen LogP contribution < -0.4 is 0 Å². The maximum atomic E-state index is 11.6. The van der Waals surface area contributed by atoms with Crippen molar-refractivity contribution in [3.05, 3.63) is 0 Å². The van der Waals surface area contributed by atoms with Crippen molar-refractivity contribution in [1.82, 2.24) is 4.90 Å². The lowest BCUT2D eigenvalue weighted by Gasteiger charge is -2.12. The van der Waals surface area contributed by atoms with E-state index in [9.17, 15) is 9.59 Å². The summed E-state index contributed by atoms with van der Waals surface area (Å²) in [7, 11) is 0. The minimum absolute atomic E-state index is 0.0138. The number of hydrogen-bond donors (Lipinski definition) is 0. The molecule has 1 atom stereocenters. The molecule has 1 aliphatic carbocycles. The largest absolute Gasteiger partial charge is 0.342 e. The van der Waals surface area contributed by atoms with Crippen molar-refractivity contribution in [2.75, 3.05) is 13.1 Å². The molecule has 2 fully saturated rings. The summed E-state index contributed by atoms with van der Waals surface area (Å²) in [5.41, 5.74) is 0. The quantitative estimate of drug-likeness (QED) is 0.646. The Bertz CT molecular complexity index is 245. The van der Waals surface area contributed by atoms with Crippen molar-refractivity contribution in [2.24, 2.45) is 11.8 Å². The summed E-state index contributed by atoms with van der Waals surface area (Å²) < 4.78 is 0. The molecule has 13 heavy (non-hydrogen) atoms. The van der Waals surface area contributed by atoms with Crippen LogP contribution >= 0.6 is 0 Å². The maximum absolute atomic E-state index is 11.6. The molecule has 0 bridgehead atoms. The number of carbonyl (C=O) groups excluding carboxylic acids is 2. The van der Waals surface area contributed by atoms with Gasteiger partial charge < -0.3 is 4.90 Å². The van der Waals surface area contributed by atoms with Gasteiger partial charge in [-0.05, 0) is 19.8 Å². The van der Waals surface area contributed by atoms with E-state index in [2.05, 4.69) is 0 Å². The molecule has 0 aromatic carbocycles. The zero-order chi connectivity index (χ0) is 9.42. The minimum Gasteiger partial charge on any atom is -0.342 e. The second-order valence-electron chi connectivity index (χ2n) is 4.01. The molecule has 0 N–H and O–H groups in total. The van der Waals surface area contributed by atoms with E-state index in [-0.39, 0.29) is 11.8 Å². The van der Waals surface area contributed by atoms with Crippen molar-refractivity contribution < 1.29 is 9.59 Å². The van der Waals surface area contributed by atoms with Crippen molar-refractivity contribution in [3.8, 4) is 0 Å². The first-order valence-corrected chi connectivity index (χ1v) is 5.04. The smallest absolute Gasteiger partial charge is 0.223 e. The van der Waals surface area contributed by atoms with E-state index >= 15 is 0 Å². The van der Waals surface area contributed by atoms with E-state index in [1.54, 1.807) is 4.90 Å². The van der Waals surface area contributed by atoms with Crippen molar-refractivity contribution >= 4 is 11.7 Å². The molecule has 0 aromatic heterocycles. The van der Waals surface area contributed by atoms with Gasteiger partial charge in [0.2, 0.25) is 5.91 Å². The Balaban J connectivity index is 1.95. The number of rotatable bonds is 3. The van der Waals surface area contributed by atoms with Crippen LogP contribution in [-0.4, -0.2) is 29.7 Å². The Morgan fingerprint density at radius 1 is 1.46 bits per heavy atom. The van der Waals surface area contributed by atoms with Crippen LogP contribution in [0.2, 0.25) is 0 Å². The van der Waals surface area contributed by atoms with Gasteiger partial charge in [0.05, 0.1) is 0 Å². The molecule has 3 nitrogen and oxygen atoms in total. The zero-order valence-corrected chi connectivity index (χ0v) is 7.95. The first kappa shape index (κ1) is 8.73. The number of nitrogens with zero attached hydrogens (tertiary/aromatic N) is 1. The van der Waals surface area contributed by atoms with E-state index in [0.717, 1.165) is 19.4 Å². The zero-order valence-electron chi connectivity index (χ0n) is 7.95. The molecule has 1 saturated heterocycles. The Morgan fingerprint density at radius 2 is 2.15 bits per heavy atom. The summed E-state index contributed by atoms with van der Waals surface area (Å²) in [6, 6.07) is 0. The molecule has 2 aliphatic rings. The standard InChI is InChI=1S/C10H15NO2/c1-2-11-6-8(5-9(11)12)10(13)7-3-4-7/h7-8H,2-6H2,1H3. The van der Waals surface area contributed by atoms with Gasteiger partial charge in [-0.2, -0.15) is 0 Å². The van der Waals surface area contributed by atoms with Crippen LogP contribution in [-0.2, 0) is 9.59 Å². The molecule has 3 heteroatoms. The lowest BCUT2D eigenvalue weighted by molar-refractivity contribution is -0.128. The molecule has 0 radical (unpaired) electrons. The molecular formula is C10H15NO2. The van der Waals surface area contributed by atoms with Crippen LogP contribution in [0, 0.1) is 11.8 Å². The number of likely N-dealkylation sites (tertiary alicyclic amines) is 1. The van der Waals surface area contributed by atoms with Crippen LogP contribution in [0.3, 0.4) is 0 Å². The van der Waals surface area contributed by atoms with Gasteiger partial charge in [-0.1, -0.05) is 0 Å². The van der Waals surface area contributed by atoms with Gasteiger partial charge in [-0.3, -0.25) is 9.59 Å². The van der Waals surface area contributed by atoms with Crippen LogP contribution in [0.25, 0.3) is 0 Å². The number of Topliss-reactive ketones (excluding diaryl/α,β-unsaturated/α-hetero) is 1. The highest BCUT2D eigenvalue weighted by Gasteiger charge is 2.40. The average Bonchev–Trinajstić information content (AvgIpc) is 2.89. The van der Waals surface area contributed by atoms with Gasteiger partial charge in [0.1, 0.15) is 5.78 Å². The van der Waals surface area contributed by atoms with E-state index in [4.69, 9.17) is 0 Å². The average molecular weight is 181 g/mol. The fourth-order valence-electron chi connectivity index (χ4n) is 1.97. The SMILES string of the molecule is CCN1CC(C(=O)C2CC2)CC1=O. The summed E-state index contributed by atoms with van der Waals surface area (Å²) >= 11 is 0. The Morgan fingerprint density at radius 3 is 2.62 bits per heavy atom. The predicted molar refractivity (Wildman–Crippen MR) is 48.1 cm³/mol. The third-order valence-electron chi connectivity index (χ3n) is 2.98. The van der Waals surface area contributed by atoms with Gasteiger partial charge >= 0.3 is 0 Å². The molecule has 72 valence electrons. The second kappa shape index (κ2) is 3.13. The van der Waals surface area contributed by atoms with Crippen LogP contribution in [0.4, 0.5) is 0 Å². The van der Waals surface area contributed by atoms with Gasteiger partial charge in [-0.15, -0.1) is 0 Å². The maximum Gasteiger partial charge on any atom is 0.223 e. The first-order valence-electron chi connectivity index (χ1n) is 5.04. The molecular weight excluding hydrogens is 166 g/mol. The van der Waals surface area contributed by atoms with Gasteiger partial charge in [0.25, 0.3) is 0 Å². The van der Waals surface area contributed by atoms with Gasteiger partial charge in [0, 0.05) is 31.3 Å². The van der Waals surface area contributed by atoms with Crippen molar-refractivity contribution in [1.29, 1.82) is 0 Å². The summed E-state index contributed by atoms with van der Waals surface area (Å²) in [5, 5.41) is 0. The van der Waals surface area contributed by atoms with Crippen molar-refractivity contribution in [2.45, 2.75) is 26.2 Å². The number of ketones is 1. The van der Waals surface area contributed by atoms with E-state index in [1.807, 2.05) is 6.92 Å². The third-order valence-corrected chi connectivity index (χ3v) is 2.98. The molecule has 0 spiro atoms. The van der Waals surface area contributed by atoms with E-state index in [1.165, 1.54) is 0 Å². The summed E-state index contributed by atoms with van der Waals surface area (Å²) in [4.78, 5) is 24.8. The lowest BCUT2D eigenvalue weighted by Crippen LogP contribution is -2.26. The minimum atomic E-state index is 0.0138. The van der Waals surface area contributed by atoms with Crippen LogP contribution in [0.1, 0.15) is 26.2 Å². The highest BCUT2D eigenvalue weighted by atomic mass is 16.2. The molecule has 1 amide bonds. The third kappa shape index (κ3) is 1.60. The van der Waals surface area contributed by atoms with Crippen LogP contribution in [0.15, 0.2) is 0 Å². The van der Waals surface area contributed by atoms with Crippen LogP contribution in [0.5, 0.6) is 0 Å². The first-order chi connectivity index (χ1) is 6.22. The molecule has 1 aliphatic heterocycles. The number of amides is 1. The monoisotopic (exact) mass is 181 g/mol. The Labute approximate surface area is 78.1 Å². The fourth-order valence-corrected chi connectivity index (χ4v) is 1.97. The number of hydrogen-bond acceptors (Lipinski definition) is 2. The lowest BCUT2D eigenvalue weighted by atomic mass is 10.00.